The van der Waals surface area contributed by atoms with Gasteiger partial charge in [-0.15, -0.1) is 0 Å². The summed E-state index contributed by atoms with van der Waals surface area (Å²) in [5.74, 6) is 0. The van der Waals surface area contributed by atoms with Crippen molar-refractivity contribution >= 4 is 11.4 Å². The summed E-state index contributed by atoms with van der Waals surface area (Å²) in [5, 5.41) is 7.61. The van der Waals surface area contributed by atoms with E-state index in [-0.39, 0.29) is 0 Å². The molecule has 0 spiro atoms. The van der Waals surface area contributed by atoms with Crippen LogP contribution >= 0.6 is 0 Å². The molecule has 0 aliphatic heterocycles. The van der Waals surface area contributed by atoms with E-state index in [9.17, 15) is 0 Å². The van der Waals surface area contributed by atoms with Gasteiger partial charge in [-0.3, -0.25) is 9.67 Å². The van der Waals surface area contributed by atoms with E-state index in [1.54, 1.807) is 10.9 Å². The SMILES string of the molecule is Cc1cnccc1Nc1cn(C)nc1C. The van der Waals surface area contributed by atoms with E-state index >= 15 is 0 Å². The molecule has 0 amide bonds. The second kappa shape index (κ2) is 3.73. The molecule has 78 valence electrons. The van der Waals surface area contributed by atoms with Crippen LogP contribution in [-0.2, 0) is 7.05 Å². The van der Waals surface area contributed by atoms with E-state index in [0.29, 0.717) is 0 Å². The molecular formula is C11H14N4. The van der Waals surface area contributed by atoms with Crippen LogP contribution in [0.25, 0.3) is 0 Å². The van der Waals surface area contributed by atoms with E-state index in [4.69, 9.17) is 0 Å². The van der Waals surface area contributed by atoms with Crippen molar-refractivity contribution < 1.29 is 0 Å². The summed E-state index contributed by atoms with van der Waals surface area (Å²) in [4.78, 5) is 4.05. The van der Waals surface area contributed by atoms with Crippen molar-refractivity contribution in [2.45, 2.75) is 13.8 Å². The maximum absolute atomic E-state index is 4.28. The topological polar surface area (TPSA) is 42.7 Å². The fourth-order valence-electron chi connectivity index (χ4n) is 1.48. The maximum Gasteiger partial charge on any atom is 0.0828 e. The second-order valence-corrected chi connectivity index (χ2v) is 3.62. The zero-order valence-electron chi connectivity index (χ0n) is 9.15. The molecule has 2 aromatic rings. The highest BCUT2D eigenvalue weighted by atomic mass is 15.3. The van der Waals surface area contributed by atoms with Crippen molar-refractivity contribution in [3.05, 3.63) is 35.9 Å². The van der Waals surface area contributed by atoms with Gasteiger partial charge in [0.2, 0.25) is 0 Å². The highest BCUT2D eigenvalue weighted by Gasteiger charge is 2.04. The smallest absolute Gasteiger partial charge is 0.0828 e. The lowest BCUT2D eigenvalue weighted by atomic mass is 10.2. The number of nitrogens with zero attached hydrogens (tertiary/aromatic N) is 3. The Hall–Kier alpha value is -1.84. The van der Waals surface area contributed by atoms with Gasteiger partial charge in [-0.05, 0) is 25.5 Å². The molecular weight excluding hydrogens is 188 g/mol. The molecule has 0 saturated heterocycles. The van der Waals surface area contributed by atoms with Gasteiger partial charge in [-0.25, -0.2) is 0 Å². The number of nitrogens with one attached hydrogen (secondary N) is 1. The van der Waals surface area contributed by atoms with Gasteiger partial charge in [0, 0.05) is 31.3 Å². The number of aromatic nitrogens is 3. The molecule has 0 radical (unpaired) electrons. The van der Waals surface area contributed by atoms with E-state index in [1.807, 2.05) is 39.4 Å². The van der Waals surface area contributed by atoms with Crippen molar-refractivity contribution in [1.29, 1.82) is 0 Å². The number of anilines is 2. The minimum Gasteiger partial charge on any atom is -0.352 e. The molecule has 0 aliphatic rings. The molecule has 15 heavy (non-hydrogen) atoms. The summed E-state index contributed by atoms with van der Waals surface area (Å²) >= 11 is 0. The molecule has 0 bridgehead atoms. The number of aryl methyl sites for hydroxylation is 3. The predicted octanol–water partition coefficient (Wildman–Crippen LogP) is 2.18. The minimum absolute atomic E-state index is 0.994. The predicted molar refractivity (Wildman–Crippen MR) is 60.2 cm³/mol. The van der Waals surface area contributed by atoms with Crippen molar-refractivity contribution in [2.75, 3.05) is 5.32 Å². The summed E-state index contributed by atoms with van der Waals surface area (Å²) in [5.41, 5.74) is 4.22. The fourth-order valence-corrected chi connectivity index (χ4v) is 1.48. The number of rotatable bonds is 2. The van der Waals surface area contributed by atoms with Crippen LogP contribution in [0.15, 0.2) is 24.7 Å². The first kappa shape index (κ1) is 9.71. The van der Waals surface area contributed by atoms with Crippen molar-refractivity contribution in [2.24, 2.45) is 7.05 Å². The number of hydrogen-bond donors (Lipinski definition) is 1. The third kappa shape index (κ3) is 1.98. The standard InChI is InChI=1S/C11H14N4/c1-8-6-12-5-4-10(8)13-11-7-15(3)14-9(11)2/h4-7H,1-3H3,(H,12,13). The molecule has 0 aromatic carbocycles. The minimum atomic E-state index is 0.994. The van der Waals surface area contributed by atoms with Crippen LogP contribution in [0.4, 0.5) is 11.4 Å². The highest BCUT2D eigenvalue weighted by Crippen LogP contribution is 2.20. The molecule has 0 aliphatic carbocycles. The van der Waals surface area contributed by atoms with Gasteiger partial charge in [0.1, 0.15) is 0 Å². The average molecular weight is 202 g/mol. The third-order valence-corrected chi connectivity index (χ3v) is 2.30. The lowest BCUT2D eigenvalue weighted by Gasteiger charge is -2.06. The second-order valence-electron chi connectivity index (χ2n) is 3.62. The Balaban J connectivity index is 2.29. The molecule has 4 nitrogen and oxygen atoms in total. The van der Waals surface area contributed by atoms with Crippen LogP contribution in [-0.4, -0.2) is 14.8 Å². The number of pyridine rings is 1. The summed E-state index contributed by atoms with van der Waals surface area (Å²) in [6.45, 7) is 4.01. The number of hydrogen-bond acceptors (Lipinski definition) is 3. The van der Waals surface area contributed by atoms with E-state index in [1.165, 1.54) is 0 Å². The zero-order valence-corrected chi connectivity index (χ0v) is 9.15. The molecule has 4 heteroatoms. The lowest BCUT2D eigenvalue weighted by molar-refractivity contribution is 0.756. The molecule has 2 heterocycles. The third-order valence-electron chi connectivity index (χ3n) is 2.30. The normalized spacial score (nSPS) is 10.3. The Labute approximate surface area is 89.0 Å². The van der Waals surface area contributed by atoms with Gasteiger partial charge < -0.3 is 5.32 Å². The molecule has 1 N–H and O–H groups in total. The van der Waals surface area contributed by atoms with E-state index in [2.05, 4.69) is 15.4 Å². The summed E-state index contributed by atoms with van der Waals surface area (Å²) in [7, 11) is 1.91. The first-order chi connectivity index (χ1) is 7.16. The quantitative estimate of drug-likeness (QED) is 0.811. The van der Waals surface area contributed by atoms with Gasteiger partial charge in [0.05, 0.1) is 11.4 Å². The molecule has 2 rings (SSSR count). The Morgan fingerprint density at radius 3 is 2.67 bits per heavy atom. The van der Waals surface area contributed by atoms with Gasteiger partial charge in [0.15, 0.2) is 0 Å². The Morgan fingerprint density at radius 1 is 1.27 bits per heavy atom. The largest absolute Gasteiger partial charge is 0.352 e. The monoisotopic (exact) mass is 202 g/mol. The van der Waals surface area contributed by atoms with Gasteiger partial charge in [-0.1, -0.05) is 0 Å². The molecule has 2 aromatic heterocycles. The van der Waals surface area contributed by atoms with Crippen molar-refractivity contribution in [3.63, 3.8) is 0 Å². The van der Waals surface area contributed by atoms with Gasteiger partial charge in [0.25, 0.3) is 0 Å². The summed E-state index contributed by atoms with van der Waals surface area (Å²) in [6.07, 6.45) is 5.59. The Bertz CT molecular complexity index is 473. The Morgan fingerprint density at radius 2 is 2.07 bits per heavy atom. The Kier molecular flexibility index (Phi) is 2.41. The molecule has 0 atom stereocenters. The molecule has 0 unspecified atom stereocenters. The van der Waals surface area contributed by atoms with Crippen LogP contribution in [0.2, 0.25) is 0 Å². The molecule has 0 saturated carbocycles. The zero-order chi connectivity index (χ0) is 10.8. The lowest BCUT2D eigenvalue weighted by Crippen LogP contribution is -1.93. The molecule has 0 fully saturated rings. The average Bonchev–Trinajstić information content (AvgIpc) is 2.49. The van der Waals surface area contributed by atoms with Crippen molar-refractivity contribution in [1.82, 2.24) is 14.8 Å². The summed E-state index contributed by atoms with van der Waals surface area (Å²) in [6, 6.07) is 1.96. The van der Waals surface area contributed by atoms with Crippen LogP contribution in [0.5, 0.6) is 0 Å². The maximum atomic E-state index is 4.28. The van der Waals surface area contributed by atoms with Crippen LogP contribution in [0.1, 0.15) is 11.3 Å². The van der Waals surface area contributed by atoms with Crippen molar-refractivity contribution in [3.8, 4) is 0 Å². The summed E-state index contributed by atoms with van der Waals surface area (Å²) < 4.78 is 1.80. The van der Waals surface area contributed by atoms with Gasteiger partial charge in [-0.2, -0.15) is 5.10 Å². The first-order valence-corrected chi connectivity index (χ1v) is 4.84. The highest BCUT2D eigenvalue weighted by molar-refractivity contribution is 5.63. The fraction of sp³-hybridized carbons (Fsp3) is 0.273. The van der Waals surface area contributed by atoms with Crippen LogP contribution in [0.3, 0.4) is 0 Å². The first-order valence-electron chi connectivity index (χ1n) is 4.84. The van der Waals surface area contributed by atoms with E-state index in [0.717, 1.165) is 22.6 Å². The van der Waals surface area contributed by atoms with Crippen LogP contribution < -0.4 is 5.32 Å². The van der Waals surface area contributed by atoms with Gasteiger partial charge >= 0.3 is 0 Å². The van der Waals surface area contributed by atoms with Crippen LogP contribution in [0, 0.1) is 13.8 Å². The van der Waals surface area contributed by atoms with E-state index < -0.39 is 0 Å².